The van der Waals surface area contributed by atoms with Crippen LogP contribution in [0.1, 0.15) is 21.0 Å². The lowest BCUT2D eigenvalue weighted by molar-refractivity contribution is 0.0680. The van der Waals surface area contributed by atoms with E-state index in [0.29, 0.717) is 0 Å². The monoisotopic (exact) mass is 169 g/mol. The molecule has 0 unspecified atom stereocenters. The molecule has 0 amide bonds. The van der Waals surface area contributed by atoms with E-state index in [-0.39, 0.29) is 11.4 Å². The molecule has 0 fully saturated rings. The first-order valence-corrected chi connectivity index (χ1v) is 3.16. The number of hydrogen-bond acceptors (Lipinski definition) is 2. The van der Waals surface area contributed by atoms with Crippen molar-refractivity contribution in [2.24, 2.45) is 7.05 Å². The fourth-order valence-corrected chi connectivity index (χ4v) is 0.941. The molecule has 5 heteroatoms. The molecule has 5 nitrogen and oxygen atoms in total. The summed E-state index contributed by atoms with van der Waals surface area (Å²) in [6.45, 7) is 0. The minimum atomic E-state index is -1.13. The van der Waals surface area contributed by atoms with Crippen molar-refractivity contribution in [1.29, 1.82) is 0 Å². The van der Waals surface area contributed by atoms with Crippen LogP contribution in [-0.4, -0.2) is 26.7 Å². The summed E-state index contributed by atoms with van der Waals surface area (Å²) in [4.78, 5) is 20.9. The molecular weight excluding hydrogens is 162 g/mol. The molecule has 2 N–H and O–H groups in total. The predicted molar refractivity (Wildman–Crippen MR) is 39.3 cm³/mol. The number of carboxylic acids is 2. The summed E-state index contributed by atoms with van der Waals surface area (Å²) >= 11 is 0. The van der Waals surface area contributed by atoms with Gasteiger partial charge in [0, 0.05) is 7.05 Å². The van der Waals surface area contributed by atoms with Crippen molar-refractivity contribution in [2.45, 2.75) is 0 Å². The lowest BCUT2D eigenvalue weighted by atomic mass is 10.4. The number of nitrogens with zero attached hydrogens (tertiary/aromatic N) is 1. The Morgan fingerprint density at radius 2 is 1.50 bits per heavy atom. The van der Waals surface area contributed by atoms with Crippen LogP contribution in [0.4, 0.5) is 0 Å². The molecule has 1 heterocycles. The molecule has 12 heavy (non-hydrogen) atoms. The maximum Gasteiger partial charge on any atom is 0.352 e. The van der Waals surface area contributed by atoms with Crippen LogP contribution < -0.4 is 0 Å². The molecule has 0 spiro atoms. The van der Waals surface area contributed by atoms with E-state index in [4.69, 9.17) is 10.2 Å². The number of carbonyl (C=O) groups is 2. The van der Waals surface area contributed by atoms with Crippen LogP contribution in [-0.2, 0) is 7.05 Å². The summed E-state index contributed by atoms with van der Waals surface area (Å²) in [6, 6.07) is 2.51. The average molecular weight is 169 g/mol. The van der Waals surface area contributed by atoms with Crippen molar-refractivity contribution >= 4 is 11.9 Å². The van der Waals surface area contributed by atoms with Gasteiger partial charge in [0.15, 0.2) is 0 Å². The first-order valence-electron chi connectivity index (χ1n) is 3.16. The third-order valence-corrected chi connectivity index (χ3v) is 1.56. The summed E-state index contributed by atoms with van der Waals surface area (Å²) in [5, 5.41) is 17.1. The molecule has 0 atom stereocenters. The molecule has 0 aromatic carbocycles. The minimum absolute atomic E-state index is 0.0348. The van der Waals surface area contributed by atoms with Crippen molar-refractivity contribution in [3.8, 4) is 0 Å². The van der Waals surface area contributed by atoms with E-state index in [0.717, 1.165) is 4.57 Å². The zero-order valence-electron chi connectivity index (χ0n) is 6.31. The minimum Gasteiger partial charge on any atom is -0.477 e. The number of aromatic carboxylic acids is 2. The van der Waals surface area contributed by atoms with Crippen LogP contribution in [0.25, 0.3) is 0 Å². The van der Waals surface area contributed by atoms with Crippen molar-refractivity contribution in [2.75, 3.05) is 0 Å². The predicted octanol–water partition coefficient (Wildman–Crippen LogP) is 0.421. The average Bonchev–Trinajstić information content (AvgIpc) is 2.30. The Morgan fingerprint density at radius 3 is 1.67 bits per heavy atom. The number of rotatable bonds is 2. The zero-order chi connectivity index (χ0) is 9.30. The Hall–Kier alpha value is -1.78. The quantitative estimate of drug-likeness (QED) is 0.672. The van der Waals surface area contributed by atoms with Crippen LogP contribution in [0.15, 0.2) is 12.1 Å². The Morgan fingerprint density at radius 1 is 1.17 bits per heavy atom. The third kappa shape index (κ3) is 1.16. The summed E-state index contributed by atoms with van der Waals surface area (Å²) in [5.74, 6) is -2.27. The van der Waals surface area contributed by atoms with Crippen molar-refractivity contribution in [3.63, 3.8) is 0 Å². The van der Waals surface area contributed by atoms with Gasteiger partial charge in [-0.1, -0.05) is 0 Å². The third-order valence-electron chi connectivity index (χ3n) is 1.56. The molecule has 0 saturated heterocycles. The lowest BCUT2D eigenvalue weighted by Crippen LogP contribution is -2.10. The van der Waals surface area contributed by atoms with Crippen LogP contribution in [0.5, 0.6) is 0 Å². The molecule has 0 aliphatic heterocycles. The topological polar surface area (TPSA) is 79.5 Å². The second-order valence-corrected chi connectivity index (χ2v) is 2.27. The second kappa shape index (κ2) is 2.69. The van der Waals surface area contributed by atoms with E-state index in [2.05, 4.69) is 0 Å². The van der Waals surface area contributed by atoms with E-state index < -0.39 is 11.9 Å². The van der Waals surface area contributed by atoms with Gasteiger partial charge in [-0.05, 0) is 12.1 Å². The van der Waals surface area contributed by atoms with E-state index >= 15 is 0 Å². The van der Waals surface area contributed by atoms with Gasteiger partial charge in [-0.3, -0.25) is 0 Å². The highest BCUT2D eigenvalue weighted by atomic mass is 16.4. The van der Waals surface area contributed by atoms with Crippen molar-refractivity contribution in [1.82, 2.24) is 4.57 Å². The molecule has 0 saturated carbocycles. The molecule has 0 aliphatic rings. The molecule has 1 aromatic rings. The van der Waals surface area contributed by atoms with E-state index in [1.165, 1.54) is 19.2 Å². The highest BCUT2D eigenvalue weighted by Crippen LogP contribution is 2.06. The van der Waals surface area contributed by atoms with E-state index in [9.17, 15) is 9.59 Å². The Balaban J connectivity index is 3.22. The van der Waals surface area contributed by atoms with Gasteiger partial charge < -0.3 is 14.8 Å². The summed E-state index contributed by atoms with van der Waals surface area (Å²) in [7, 11) is 1.40. The van der Waals surface area contributed by atoms with Crippen LogP contribution in [0.2, 0.25) is 0 Å². The molecule has 1 rings (SSSR count). The van der Waals surface area contributed by atoms with Gasteiger partial charge in [0.25, 0.3) is 0 Å². The first kappa shape index (κ1) is 8.32. The van der Waals surface area contributed by atoms with Gasteiger partial charge in [-0.15, -0.1) is 0 Å². The maximum absolute atomic E-state index is 10.4. The Labute approximate surface area is 67.9 Å². The van der Waals surface area contributed by atoms with Gasteiger partial charge in [0.2, 0.25) is 0 Å². The molecular formula is C7H7NO4. The van der Waals surface area contributed by atoms with Gasteiger partial charge in [0.05, 0.1) is 0 Å². The number of aromatic nitrogens is 1. The van der Waals surface area contributed by atoms with Crippen LogP contribution in [0.3, 0.4) is 0 Å². The second-order valence-electron chi connectivity index (χ2n) is 2.27. The SMILES string of the molecule is Cn1c(C(=O)O)ccc1C(=O)O. The van der Waals surface area contributed by atoms with Crippen molar-refractivity contribution < 1.29 is 19.8 Å². The lowest BCUT2D eigenvalue weighted by Gasteiger charge is -1.99. The molecule has 0 radical (unpaired) electrons. The van der Waals surface area contributed by atoms with E-state index in [1.54, 1.807) is 0 Å². The summed E-state index contributed by atoms with van der Waals surface area (Å²) < 4.78 is 1.12. The van der Waals surface area contributed by atoms with Gasteiger partial charge in [-0.25, -0.2) is 9.59 Å². The largest absolute Gasteiger partial charge is 0.477 e. The normalized spacial score (nSPS) is 9.75. The van der Waals surface area contributed by atoms with Gasteiger partial charge in [-0.2, -0.15) is 0 Å². The maximum atomic E-state index is 10.4. The number of hydrogen-bond donors (Lipinski definition) is 2. The van der Waals surface area contributed by atoms with Crippen LogP contribution in [0, 0.1) is 0 Å². The fourth-order valence-electron chi connectivity index (χ4n) is 0.941. The van der Waals surface area contributed by atoms with Crippen LogP contribution >= 0.6 is 0 Å². The molecule has 0 aliphatic carbocycles. The smallest absolute Gasteiger partial charge is 0.352 e. The van der Waals surface area contributed by atoms with Crippen molar-refractivity contribution in [3.05, 3.63) is 23.5 Å². The molecule has 64 valence electrons. The summed E-state index contributed by atoms with van der Waals surface area (Å²) in [5.41, 5.74) is -0.0696. The Kier molecular flexibility index (Phi) is 1.86. The first-order chi connectivity index (χ1) is 5.54. The standard InChI is InChI=1S/C7H7NO4/c1-8-4(6(9)10)2-3-5(8)7(11)12/h2-3H,1H3,(H,9,10)(H,11,12). The fraction of sp³-hybridized carbons (Fsp3) is 0.143. The van der Waals surface area contributed by atoms with Gasteiger partial charge >= 0.3 is 11.9 Å². The zero-order valence-corrected chi connectivity index (χ0v) is 6.31. The van der Waals surface area contributed by atoms with Gasteiger partial charge in [0.1, 0.15) is 11.4 Å². The highest BCUT2D eigenvalue weighted by molar-refractivity contribution is 5.91. The summed E-state index contributed by atoms with van der Waals surface area (Å²) in [6.07, 6.45) is 0. The van der Waals surface area contributed by atoms with E-state index in [1.807, 2.05) is 0 Å². The Bertz CT molecular complexity index is 308. The molecule has 1 aromatic heterocycles. The number of carboxylic acid groups (broad SMARTS) is 2. The molecule has 0 bridgehead atoms. The highest BCUT2D eigenvalue weighted by Gasteiger charge is 2.14.